The third kappa shape index (κ3) is 2.10. The molecular weight excluding hydrogens is 278 g/mol. The minimum Gasteiger partial charge on any atom is -0.335 e. The van der Waals surface area contributed by atoms with E-state index in [9.17, 15) is 4.79 Å². The molecule has 3 heterocycles. The molecule has 0 spiro atoms. The summed E-state index contributed by atoms with van der Waals surface area (Å²) < 4.78 is 1.68. The molecule has 114 valence electrons. The lowest BCUT2D eigenvalue weighted by atomic mass is 9.83. The van der Waals surface area contributed by atoms with Crippen LogP contribution in [0.1, 0.15) is 36.1 Å². The SMILES string of the molecule is CC1=CC[C@H]2CN(C(=O)c3nnc4nc(C)ccn34)C[C@H]2C1. The predicted octanol–water partition coefficient (Wildman–Crippen LogP) is 1.86. The lowest BCUT2D eigenvalue weighted by Gasteiger charge is -2.21. The third-order valence-electron chi connectivity index (χ3n) is 4.83. The molecule has 2 aromatic rings. The van der Waals surface area contributed by atoms with Crippen LogP contribution in [0.3, 0.4) is 0 Å². The Kier molecular flexibility index (Phi) is 2.99. The summed E-state index contributed by atoms with van der Waals surface area (Å²) in [7, 11) is 0. The fourth-order valence-corrected chi connectivity index (χ4v) is 3.61. The van der Waals surface area contributed by atoms with Gasteiger partial charge < -0.3 is 4.90 Å². The van der Waals surface area contributed by atoms with Gasteiger partial charge in [-0.15, -0.1) is 10.2 Å². The molecule has 6 nitrogen and oxygen atoms in total. The van der Waals surface area contributed by atoms with Gasteiger partial charge >= 0.3 is 0 Å². The molecule has 0 bridgehead atoms. The lowest BCUT2D eigenvalue weighted by Crippen LogP contribution is -2.30. The van der Waals surface area contributed by atoms with Crippen LogP contribution in [0, 0.1) is 18.8 Å². The van der Waals surface area contributed by atoms with Crippen molar-refractivity contribution in [3.63, 3.8) is 0 Å². The van der Waals surface area contributed by atoms with Gasteiger partial charge in [0.05, 0.1) is 0 Å². The van der Waals surface area contributed by atoms with Crippen LogP contribution in [0.4, 0.5) is 0 Å². The number of hydrogen-bond acceptors (Lipinski definition) is 4. The van der Waals surface area contributed by atoms with E-state index in [0.29, 0.717) is 23.4 Å². The molecule has 22 heavy (non-hydrogen) atoms. The van der Waals surface area contributed by atoms with Crippen molar-refractivity contribution in [2.75, 3.05) is 13.1 Å². The van der Waals surface area contributed by atoms with E-state index in [1.165, 1.54) is 5.57 Å². The van der Waals surface area contributed by atoms with Gasteiger partial charge in [-0.2, -0.15) is 0 Å². The van der Waals surface area contributed by atoms with Crippen LogP contribution in [0.5, 0.6) is 0 Å². The molecule has 0 unspecified atom stereocenters. The summed E-state index contributed by atoms with van der Waals surface area (Å²) in [4.78, 5) is 19.0. The highest BCUT2D eigenvalue weighted by molar-refractivity contribution is 5.91. The molecule has 2 aromatic heterocycles. The van der Waals surface area contributed by atoms with Gasteiger partial charge in [-0.05, 0) is 44.6 Å². The summed E-state index contributed by atoms with van der Waals surface area (Å²) in [6, 6.07) is 1.87. The summed E-state index contributed by atoms with van der Waals surface area (Å²) in [6.07, 6.45) is 6.32. The first-order valence-electron chi connectivity index (χ1n) is 7.75. The summed E-state index contributed by atoms with van der Waals surface area (Å²) in [5.41, 5.74) is 2.32. The number of aromatic nitrogens is 4. The van der Waals surface area contributed by atoms with Crippen LogP contribution in [0.15, 0.2) is 23.9 Å². The monoisotopic (exact) mass is 297 g/mol. The van der Waals surface area contributed by atoms with Crippen molar-refractivity contribution in [2.45, 2.75) is 26.7 Å². The Morgan fingerprint density at radius 2 is 2.05 bits per heavy atom. The second-order valence-corrected chi connectivity index (χ2v) is 6.48. The van der Waals surface area contributed by atoms with E-state index in [1.54, 1.807) is 4.40 Å². The molecule has 1 aliphatic heterocycles. The molecule has 4 rings (SSSR count). The van der Waals surface area contributed by atoms with Gasteiger partial charge in [0, 0.05) is 25.0 Å². The van der Waals surface area contributed by atoms with Crippen molar-refractivity contribution < 1.29 is 4.79 Å². The Morgan fingerprint density at radius 1 is 1.23 bits per heavy atom. The van der Waals surface area contributed by atoms with Gasteiger partial charge in [0.15, 0.2) is 0 Å². The Labute approximate surface area is 128 Å². The molecule has 0 saturated carbocycles. The number of carbonyl (C=O) groups excluding carboxylic acids is 1. The van der Waals surface area contributed by atoms with E-state index in [0.717, 1.165) is 31.6 Å². The number of allylic oxidation sites excluding steroid dienone is 2. The average molecular weight is 297 g/mol. The third-order valence-corrected chi connectivity index (χ3v) is 4.83. The normalized spacial score (nSPS) is 24.5. The number of rotatable bonds is 1. The van der Waals surface area contributed by atoms with Crippen molar-refractivity contribution in [3.8, 4) is 0 Å². The zero-order valence-electron chi connectivity index (χ0n) is 12.9. The fraction of sp³-hybridized carbons (Fsp3) is 0.500. The van der Waals surface area contributed by atoms with Gasteiger partial charge in [-0.1, -0.05) is 11.6 Å². The number of carbonyl (C=O) groups is 1. The number of likely N-dealkylation sites (tertiary alicyclic amines) is 1. The van der Waals surface area contributed by atoms with Crippen molar-refractivity contribution in [1.29, 1.82) is 0 Å². The zero-order chi connectivity index (χ0) is 15.3. The van der Waals surface area contributed by atoms with Crippen LogP contribution in [-0.2, 0) is 0 Å². The molecule has 0 aromatic carbocycles. The summed E-state index contributed by atoms with van der Waals surface area (Å²) in [5.74, 6) is 1.99. The topological polar surface area (TPSA) is 63.4 Å². The first-order valence-corrected chi connectivity index (χ1v) is 7.75. The summed E-state index contributed by atoms with van der Waals surface area (Å²) in [6.45, 7) is 5.72. The minimum absolute atomic E-state index is 0.0368. The van der Waals surface area contributed by atoms with E-state index in [-0.39, 0.29) is 5.91 Å². The first-order chi connectivity index (χ1) is 10.6. The first kappa shape index (κ1) is 13.4. The molecule has 0 radical (unpaired) electrons. The van der Waals surface area contributed by atoms with Gasteiger partial charge in [0.25, 0.3) is 11.7 Å². The summed E-state index contributed by atoms with van der Waals surface area (Å²) >= 11 is 0. The maximum Gasteiger partial charge on any atom is 0.292 e. The van der Waals surface area contributed by atoms with Crippen LogP contribution in [-0.4, -0.2) is 43.5 Å². The van der Waals surface area contributed by atoms with Crippen LogP contribution >= 0.6 is 0 Å². The molecule has 2 aliphatic rings. The van der Waals surface area contributed by atoms with Crippen molar-refractivity contribution >= 4 is 11.7 Å². The molecule has 1 amide bonds. The lowest BCUT2D eigenvalue weighted by molar-refractivity contribution is 0.0770. The number of fused-ring (bicyclic) bond motifs is 2. The Balaban J connectivity index is 1.60. The maximum atomic E-state index is 12.8. The van der Waals surface area contributed by atoms with E-state index < -0.39 is 0 Å². The van der Waals surface area contributed by atoms with Gasteiger partial charge in [0.1, 0.15) is 0 Å². The van der Waals surface area contributed by atoms with Gasteiger partial charge in [-0.25, -0.2) is 4.98 Å². The summed E-state index contributed by atoms with van der Waals surface area (Å²) in [5, 5.41) is 8.08. The Hall–Kier alpha value is -2.24. The Morgan fingerprint density at radius 3 is 2.91 bits per heavy atom. The van der Waals surface area contributed by atoms with Crippen LogP contribution in [0.25, 0.3) is 5.78 Å². The quantitative estimate of drug-likeness (QED) is 0.754. The highest BCUT2D eigenvalue weighted by Crippen LogP contribution is 2.36. The second-order valence-electron chi connectivity index (χ2n) is 6.48. The molecule has 6 heteroatoms. The standard InChI is InChI=1S/C16H19N5O/c1-10-3-4-12-8-20(9-13(12)7-10)15(22)14-18-19-16-17-11(2)5-6-21(14)16/h3,5-6,12-13H,4,7-9H2,1-2H3/t12-,13+/m0/s1. The highest BCUT2D eigenvalue weighted by atomic mass is 16.2. The number of hydrogen-bond donors (Lipinski definition) is 0. The maximum absolute atomic E-state index is 12.8. The van der Waals surface area contributed by atoms with Crippen LogP contribution < -0.4 is 0 Å². The highest BCUT2D eigenvalue weighted by Gasteiger charge is 2.37. The van der Waals surface area contributed by atoms with E-state index in [2.05, 4.69) is 28.2 Å². The van der Waals surface area contributed by atoms with E-state index >= 15 is 0 Å². The molecule has 1 fully saturated rings. The van der Waals surface area contributed by atoms with Gasteiger partial charge in [0.2, 0.25) is 5.82 Å². The molecule has 1 aliphatic carbocycles. The van der Waals surface area contributed by atoms with Crippen molar-refractivity contribution in [2.24, 2.45) is 11.8 Å². The number of nitrogens with zero attached hydrogens (tertiary/aromatic N) is 5. The molecule has 0 N–H and O–H groups in total. The predicted molar refractivity (Wildman–Crippen MR) is 81.4 cm³/mol. The van der Waals surface area contributed by atoms with Gasteiger partial charge in [-0.3, -0.25) is 9.20 Å². The van der Waals surface area contributed by atoms with Crippen molar-refractivity contribution in [3.05, 3.63) is 35.4 Å². The van der Waals surface area contributed by atoms with Crippen LogP contribution in [0.2, 0.25) is 0 Å². The van der Waals surface area contributed by atoms with E-state index in [4.69, 9.17) is 0 Å². The van der Waals surface area contributed by atoms with Crippen molar-refractivity contribution in [1.82, 2.24) is 24.5 Å². The molecular formula is C16H19N5O. The number of amides is 1. The Bertz CT molecular complexity index is 778. The molecule has 2 atom stereocenters. The second kappa shape index (κ2) is 4.90. The smallest absolute Gasteiger partial charge is 0.292 e. The largest absolute Gasteiger partial charge is 0.335 e. The van der Waals surface area contributed by atoms with E-state index in [1.807, 2.05) is 24.1 Å². The molecule has 1 saturated heterocycles. The fourth-order valence-electron chi connectivity index (χ4n) is 3.61. The minimum atomic E-state index is -0.0368. The average Bonchev–Trinajstić information content (AvgIpc) is 3.09. The number of aryl methyl sites for hydroxylation is 1. The zero-order valence-corrected chi connectivity index (χ0v) is 12.9.